The van der Waals surface area contributed by atoms with E-state index in [0.29, 0.717) is 0 Å². The number of hydrogen-bond donors (Lipinski definition) is 0. The van der Waals surface area contributed by atoms with E-state index in [1.807, 2.05) is 11.8 Å². The third-order valence-corrected chi connectivity index (χ3v) is 17.4. The molecule has 0 saturated heterocycles. The van der Waals surface area contributed by atoms with Gasteiger partial charge in [-0.2, -0.15) is 0 Å². The molecular formula is C72H47B2N3OS. The van der Waals surface area contributed by atoms with Crippen LogP contribution in [0.2, 0.25) is 0 Å². The zero-order valence-corrected chi connectivity index (χ0v) is 43.8. The molecule has 0 bridgehead atoms. The molecule has 4 aliphatic rings. The predicted molar refractivity (Wildman–Crippen MR) is 333 cm³/mol. The van der Waals surface area contributed by atoms with Crippen molar-refractivity contribution in [3.8, 4) is 44.9 Å². The second-order valence-corrected chi connectivity index (χ2v) is 21.8. The van der Waals surface area contributed by atoms with Gasteiger partial charge in [-0.25, -0.2) is 0 Å². The van der Waals surface area contributed by atoms with Crippen molar-refractivity contribution in [2.45, 2.75) is 9.79 Å². The number of rotatable bonds is 8. The van der Waals surface area contributed by atoms with Gasteiger partial charge in [0.2, 0.25) is 6.71 Å². The Morgan fingerprint density at radius 1 is 0.291 bits per heavy atom. The monoisotopic (exact) mass is 1020 g/mol. The molecule has 12 aromatic carbocycles. The van der Waals surface area contributed by atoms with Crippen molar-refractivity contribution >= 4 is 109 Å². The number of ether oxygens (including phenoxy) is 1. The van der Waals surface area contributed by atoms with E-state index in [9.17, 15) is 0 Å². The molecule has 12 aromatic rings. The molecule has 0 saturated carbocycles. The van der Waals surface area contributed by atoms with Gasteiger partial charge in [0.25, 0.3) is 6.71 Å². The van der Waals surface area contributed by atoms with Crippen LogP contribution in [-0.2, 0) is 0 Å². The highest BCUT2D eigenvalue weighted by Gasteiger charge is 2.47. The van der Waals surface area contributed by atoms with Gasteiger partial charge in [0.15, 0.2) is 0 Å². The van der Waals surface area contributed by atoms with Crippen molar-refractivity contribution in [3.05, 3.63) is 285 Å². The Labute approximate surface area is 465 Å². The van der Waals surface area contributed by atoms with E-state index in [1.165, 1.54) is 65.1 Å². The molecule has 0 fully saturated rings. The summed E-state index contributed by atoms with van der Waals surface area (Å²) in [6.07, 6.45) is 0. The third kappa shape index (κ3) is 7.34. The number of nitrogens with zero attached hydrogens (tertiary/aromatic N) is 3. The van der Waals surface area contributed by atoms with Crippen LogP contribution in [0.1, 0.15) is 0 Å². The lowest BCUT2D eigenvalue weighted by Crippen LogP contribution is -2.63. The summed E-state index contributed by atoms with van der Waals surface area (Å²) in [4.78, 5) is 10.00. The van der Waals surface area contributed by atoms with E-state index in [0.717, 1.165) is 73.6 Å². The summed E-state index contributed by atoms with van der Waals surface area (Å²) >= 11 is 1.90. The van der Waals surface area contributed by atoms with E-state index < -0.39 is 0 Å². The molecule has 0 amide bonds. The maximum absolute atomic E-state index is 7.12. The number of benzene rings is 12. The summed E-state index contributed by atoms with van der Waals surface area (Å²) in [5.74, 6) is 1.78. The van der Waals surface area contributed by atoms with Crippen molar-refractivity contribution in [1.82, 2.24) is 0 Å². The summed E-state index contributed by atoms with van der Waals surface area (Å²) < 4.78 is 7.12. The lowest BCUT2D eigenvalue weighted by molar-refractivity contribution is 0.488. The molecule has 0 atom stereocenters. The van der Waals surface area contributed by atoms with E-state index in [2.05, 4.69) is 300 Å². The Bertz CT molecular complexity index is 4310. The van der Waals surface area contributed by atoms with Crippen LogP contribution in [0.25, 0.3) is 33.4 Å². The topological polar surface area (TPSA) is 19.0 Å². The van der Waals surface area contributed by atoms with Crippen LogP contribution in [0.3, 0.4) is 0 Å². The second-order valence-electron chi connectivity index (χ2n) is 20.7. The van der Waals surface area contributed by atoms with Gasteiger partial charge in [-0.15, -0.1) is 0 Å². The van der Waals surface area contributed by atoms with E-state index in [-0.39, 0.29) is 13.4 Å². The second kappa shape index (κ2) is 18.5. The van der Waals surface area contributed by atoms with Crippen LogP contribution in [0.15, 0.2) is 295 Å². The minimum absolute atomic E-state index is 0.0831. The van der Waals surface area contributed by atoms with Crippen molar-refractivity contribution < 1.29 is 4.74 Å². The minimum atomic E-state index is -0.105. The highest BCUT2D eigenvalue weighted by molar-refractivity contribution is 8.00. The van der Waals surface area contributed by atoms with Crippen LogP contribution in [0.4, 0.5) is 51.2 Å². The molecule has 0 N–H and O–H groups in total. The fourth-order valence-electron chi connectivity index (χ4n) is 13.0. The van der Waals surface area contributed by atoms with Gasteiger partial charge in [0, 0.05) is 60.7 Å². The zero-order chi connectivity index (χ0) is 52.0. The highest BCUT2D eigenvalue weighted by Crippen LogP contribution is 2.51. The van der Waals surface area contributed by atoms with Gasteiger partial charge in [0.05, 0.1) is 11.4 Å². The Balaban J connectivity index is 0.989. The lowest BCUT2D eigenvalue weighted by Gasteiger charge is -2.44. The first-order chi connectivity index (χ1) is 39.2. The first kappa shape index (κ1) is 45.5. The van der Waals surface area contributed by atoms with E-state index in [4.69, 9.17) is 4.74 Å². The maximum Gasteiger partial charge on any atom is 0.256 e. The molecule has 4 heterocycles. The summed E-state index contributed by atoms with van der Waals surface area (Å²) in [6, 6.07) is 104. The molecule has 79 heavy (non-hydrogen) atoms. The average Bonchev–Trinajstić information content (AvgIpc) is 3.32. The molecular weight excluding hydrogens is 977 g/mol. The summed E-state index contributed by atoms with van der Waals surface area (Å²) in [6.45, 7) is -0.188. The SMILES string of the molecule is c1ccc(-c2cc3c4c(c2)N(c2ccccc2-c2ccccc2)c2cc5c(cc2B4c2ccccc2O3)B2c3ccccc3N(c3ccccc3-c3ccccc3)c3cc(N(c4ccccc4)c4ccccc4)cc(c32)S5)cc1. The molecule has 7 heteroatoms. The molecule has 0 spiro atoms. The number of fused-ring (bicyclic) bond motifs is 8. The quantitative estimate of drug-likeness (QED) is 0.141. The van der Waals surface area contributed by atoms with Crippen molar-refractivity contribution in [2.24, 2.45) is 0 Å². The molecule has 16 rings (SSSR count). The van der Waals surface area contributed by atoms with E-state index >= 15 is 0 Å². The van der Waals surface area contributed by atoms with Crippen LogP contribution in [-0.4, -0.2) is 13.4 Å². The molecule has 0 aromatic heterocycles. The number of para-hydroxylation sites is 6. The van der Waals surface area contributed by atoms with Crippen LogP contribution >= 0.6 is 11.8 Å². The zero-order valence-electron chi connectivity index (χ0n) is 42.9. The smallest absolute Gasteiger partial charge is 0.256 e. The summed E-state index contributed by atoms with van der Waals surface area (Å²) in [5, 5.41) is 0. The Morgan fingerprint density at radius 3 is 1.42 bits per heavy atom. The van der Waals surface area contributed by atoms with Gasteiger partial charge >= 0.3 is 0 Å². The normalized spacial score (nSPS) is 13.0. The molecule has 0 radical (unpaired) electrons. The maximum atomic E-state index is 7.12. The third-order valence-electron chi connectivity index (χ3n) is 16.3. The standard InChI is InChI=1S/C72H47B2N3OS/c1-6-24-48(25-7-1)51-42-65-71-68(43-51)78-67-41-23-19-37-58(67)74(71)59-46-60-69(47-64(59)77(65)62-39-21-17-35-56(62)50-28-10-3-11-29-50)79-70-45-54(75(52-30-12-4-13-31-52)53-32-14-5-15-33-53)44-66-72(70)73(60)57-36-18-22-40-63(57)76(66)61-38-20-16-34-55(61)49-26-8-2-9-27-49/h1-47H. The first-order valence-corrected chi connectivity index (χ1v) is 28.0. The lowest BCUT2D eigenvalue weighted by atomic mass is 9.31. The van der Waals surface area contributed by atoms with Gasteiger partial charge in [-0.1, -0.05) is 223 Å². The Hall–Kier alpha value is -9.68. The average molecular weight is 1020 g/mol. The molecule has 0 aliphatic carbocycles. The van der Waals surface area contributed by atoms with Gasteiger partial charge < -0.3 is 19.4 Å². The predicted octanol–water partition coefficient (Wildman–Crippen LogP) is 15.3. The van der Waals surface area contributed by atoms with Crippen LogP contribution in [0, 0.1) is 0 Å². The summed E-state index contributed by atoms with van der Waals surface area (Å²) in [7, 11) is 0. The van der Waals surface area contributed by atoms with Crippen molar-refractivity contribution in [1.29, 1.82) is 0 Å². The summed E-state index contributed by atoms with van der Waals surface area (Å²) in [5.41, 5.74) is 24.6. The van der Waals surface area contributed by atoms with Crippen molar-refractivity contribution in [2.75, 3.05) is 14.7 Å². The minimum Gasteiger partial charge on any atom is -0.458 e. The first-order valence-electron chi connectivity index (χ1n) is 27.1. The molecule has 368 valence electrons. The number of anilines is 9. The Morgan fingerprint density at radius 2 is 0.785 bits per heavy atom. The molecule has 4 nitrogen and oxygen atoms in total. The van der Waals surface area contributed by atoms with Gasteiger partial charge in [-0.05, 0) is 128 Å². The molecule has 0 unspecified atom stereocenters. The Kier molecular flexibility index (Phi) is 10.7. The van der Waals surface area contributed by atoms with E-state index in [1.54, 1.807) is 0 Å². The van der Waals surface area contributed by atoms with Crippen molar-refractivity contribution in [3.63, 3.8) is 0 Å². The van der Waals surface area contributed by atoms with Gasteiger partial charge in [0.1, 0.15) is 11.5 Å². The highest BCUT2D eigenvalue weighted by atomic mass is 32.2. The van der Waals surface area contributed by atoms with Gasteiger partial charge in [-0.3, -0.25) is 0 Å². The largest absolute Gasteiger partial charge is 0.458 e. The number of hydrogen-bond acceptors (Lipinski definition) is 5. The fraction of sp³-hybridized carbons (Fsp3) is 0. The van der Waals surface area contributed by atoms with Crippen LogP contribution in [0.5, 0.6) is 11.5 Å². The fourth-order valence-corrected chi connectivity index (χ4v) is 14.2. The van der Waals surface area contributed by atoms with Crippen LogP contribution < -0.4 is 52.2 Å². The molecule has 4 aliphatic heterocycles.